The molecule has 0 saturated carbocycles. The Hall–Kier alpha value is -0.830. The number of rotatable bonds is 1. The van der Waals surface area contributed by atoms with E-state index in [0.717, 1.165) is 36.9 Å². The van der Waals surface area contributed by atoms with Gasteiger partial charge in [-0.2, -0.15) is 0 Å². The first-order valence-corrected chi connectivity index (χ1v) is 5.01. The molecule has 0 spiro atoms. The van der Waals surface area contributed by atoms with Crippen molar-refractivity contribution >= 4 is 11.6 Å². The van der Waals surface area contributed by atoms with Crippen LogP contribution in [0.15, 0.2) is 4.79 Å². The number of aromatic amines is 1. The predicted molar refractivity (Wildman–Crippen MR) is 51.1 cm³/mol. The van der Waals surface area contributed by atoms with Crippen LogP contribution >= 0.6 is 11.6 Å². The maximum absolute atomic E-state index is 11.5. The van der Waals surface area contributed by atoms with Gasteiger partial charge in [0.05, 0.1) is 11.6 Å². The fourth-order valence-corrected chi connectivity index (χ4v) is 1.84. The van der Waals surface area contributed by atoms with E-state index in [2.05, 4.69) is 9.97 Å². The first-order chi connectivity index (χ1) is 6.31. The van der Waals surface area contributed by atoms with Gasteiger partial charge in [-0.25, -0.2) is 4.98 Å². The van der Waals surface area contributed by atoms with Gasteiger partial charge in [0.25, 0.3) is 5.56 Å². The zero-order valence-corrected chi connectivity index (χ0v) is 8.02. The summed E-state index contributed by atoms with van der Waals surface area (Å²) in [7, 11) is 0. The van der Waals surface area contributed by atoms with Crippen LogP contribution < -0.4 is 5.56 Å². The van der Waals surface area contributed by atoms with Crippen LogP contribution in [0.3, 0.4) is 0 Å². The summed E-state index contributed by atoms with van der Waals surface area (Å²) in [5.74, 6) is 0.870. The maximum atomic E-state index is 11.5. The number of hydrogen-bond acceptors (Lipinski definition) is 2. The molecule has 3 nitrogen and oxygen atoms in total. The third-order valence-electron chi connectivity index (χ3n) is 2.37. The monoisotopic (exact) mass is 198 g/mol. The van der Waals surface area contributed by atoms with Crippen molar-refractivity contribution in [3.8, 4) is 0 Å². The van der Waals surface area contributed by atoms with E-state index in [4.69, 9.17) is 11.6 Å². The number of hydrogen-bond donors (Lipinski definition) is 1. The Balaban J connectivity index is 2.53. The lowest BCUT2D eigenvalue weighted by molar-refractivity contribution is 0.650. The Labute approximate surface area is 81.2 Å². The van der Waals surface area contributed by atoms with E-state index >= 15 is 0 Å². The van der Waals surface area contributed by atoms with Crippen molar-refractivity contribution in [2.75, 3.05) is 0 Å². The number of H-pyrrole nitrogens is 1. The van der Waals surface area contributed by atoms with Crippen LogP contribution in [0.2, 0.25) is 0 Å². The molecule has 1 heterocycles. The number of fused-ring (bicyclic) bond motifs is 1. The minimum absolute atomic E-state index is 0.000324. The highest BCUT2D eigenvalue weighted by atomic mass is 35.5. The molecule has 2 rings (SSSR count). The number of aromatic nitrogens is 2. The smallest absolute Gasteiger partial charge is 0.254 e. The van der Waals surface area contributed by atoms with E-state index in [1.54, 1.807) is 0 Å². The van der Waals surface area contributed by atoms with Gasteiger partial charge in [-0.3, -0.25) is 4.79 Å². The first-order valence-electron chi connectivity index (χ1n) is 4.48. The molecule has 1 aliphatic rings. The number of aryl methyl sites for hydroxylation is 1. The highest BCUT2D eigenvalue weighted by molar-refractivity contribution is 6.16. The normalized spacial score (nSPS) is 15.5. The van der Waals surface area contributed by atoms with E-state index in [9.17, 15) is 4.79 Å². The lowest BCUT2D eigenvalue weighted by atomic mass is 9.97. The zero-order valence-electron chi connectivity index (χ0n) is 7.27. The molecule has 1 aromatic heterocycles. The zero-order chi connectivity index (χ0) is 9.26. The van der Waals surface area contributed by atoms with Gasteiger partial charge in [0.1, 0.15) is 5.82 Å². The molecular formula is C9H11ClN2O. The minimum atomic E-state index is 0.000324. The summed E-state index contributed by atoms with van der Waals surface area (Å²) in [5.41, 5.74) is 1.81. The molecule has 1 N–H and O–H groups in total. The fourth-order valence-electron chi connectivity index (χ4n) is 1.72. The van der Waals surface area contributed by atoms with Crippen molar-refractivity contribution in [1.82, 2.24) is 9.97 Å². The molecular weight excluding hydrogens is 188 g/mol. The van der Waals surface area contributed by atoms with E-state index in [-0.39, 0.29) is 11.4 Å². The summed E-state index contributed by atoms with van der Waals surface area (Å²) >= 11 is 5.61. The predicted octanol–water partition coefficient (Wildman–Crippen LogP) is 1.39. The third kappa shape index (κ3) is 1.61. The molecule has 1 aliphatic carbocycles. The minimum Gasteiger partial charge on any atom is -0.309 e. The maximum Gasteiger partial charge on any atom is 0.254 e. The second-order valence-electron chi connectivity index (χ2n) is 3.28. The Morgan fingerprint density at radius 3 is 2.92 bits per heavy atom. The van der Waals surface area contributed by atoms with Crippen molar-refractivity contribution in [2.45, 2.75) is 31.6 Å². The average Bonchev–Trinajstić information content (AvgIpc) is 2.18. The number of nitrogens with zero attached hydrogens (tertiary/aromatic N) is 1. The molecule has 0 amide bonds. The van der Waals surface area contributed by atoms with Gasteiger partial charge in [-0.05, 0) is 25.7 Å². The molecule has 13 heavy (non-hydrogen) atoms. The summed E-state index contributed by atoms with van der Waals surface area (Å²) in [6, 6.07) is 0. The van der Waals surface area contributed by atoms with Gasteiger partial charge in [0, 0.05) is 5.56 Å². The summed E-state index contributed by atoms with van der Waals surface area (Å²) in [5, 5.41) is 0. The van der Waals surface area contributed by atoms with Gasteiger partial charge < -0.3 is 4.98 Å². The average molecular weight is 199 g/mol. The van der Waals surface area contributed by atoms with Crippen LogP contribution in [0.1, 0.15) is 29.9 Å². The van der Waals surface area contributed by atoms with Crippen LogP contribution in [-0.2, 0) is 18.7 Å². The van der Waals surface area contributed by atoms with Gasteiger partial charge in [-0.15, -0.1) is 11.6 Å². The second kappa shape index (κ2) is 3.50. The fraction of sp³-hybridized carbons (Fsp3) is 0.556. The Bertz CT molecular complexity index is 372. The molecule has 0 radical (unpaired) electrons. The standard InChI is InChI=1S/C9H11ClN2O/c10-5-8-11-7-4-2-1-3-6(7)9(13)12-8/h1-5H2,(H,11,12,13). The molecule has 0 atom stereocenters. The lowest BCUT2D eigenvalue weighted by Gasteiger charge is -2.13. The van der Waals surface area contributed by atoms with E-state index < -0.39 is 0 Å². The first kappa shape index (κ1) is 8.75. The SMILES string of the molecule is O=c1[nH]c(CCl)nc2c1CCCC2. The highest BCUT2D eigenvalue weighted by Gasteiger charge is 2.14. The molecule has 0 unspecified atom stereocenters. The van der Waals surface area contributed by atoms with Crippen LogP contribution in [0.4, 0.5) is 0 Å². The molecule has 0 aliphatic heterocycles. The molecule has 70 valence electrons. The Morgan fingerprint density at radius 1 is 1.38 bits per heavy atom. The van der Waals surface area contributed by atoms with Gasteiger partial charge >= 0.3 is 0 Å². The van der Waals surface area contributed by atoms with Crippen LogP contribution in [-0.4, -0.2) is 9.97 Å². The number of alkyl halides is 1. The van der Waals surface area contributed by atoms with Crippen molar-refractivity contribution in [1.29, 1.82) is 0 Å². The summed E-state index contributed by atoms with van der Waals surface area (Å²) in [6.45, 7) is 0. The van der Waals surface area contributed by atoms with Gasteiger partial charge in [0.15, 0.2) is 0 Å². The van der Waals surface area contributed by atoms with Gasteiger partial charge in [-0.1, -0.05) is 0 Å². The van der Waals surface area contributed by atoms with Crippen LogP contribution in [0.25, 0.3) is 0 Å². The van der Waals surface area contributed by atoms with Crippen LogP contribution in [0.5, 0.6) is 0 Å². The molecule has 4 heteroatoms. The second-order valence-corrected chi connectivity index (χ2v) is 3.55. The third-order valence-corrected chi connectivity index (χ3v) is 2.62. The van der Waals surface area contributed by atoms with E-state index in [0.29, 0.717) is 5.82 Å². The molecule has 1 aromatic rings. The van der Waals surface area contributed by atoms with Gasteiger partial charge in [0.2, 0.25) is 0 Å². The van der Waals surface area contributed by atoms with Crippen LogP contribution in [0, 0.1) is 0 Å². The molecule has 0 aromatic carbocycles. The number of halogens is 1. The van der Waals surface area contributed by atoms with Crippen molar-refractivity contribution < 1.29 is 0 Å². The summed E-state index contributed by atoms with van der Waals surface area (Å²) in [4.78, 5) is 18.5. The summed E-state index contributed by atoms with van der Waals surface area (Å²) < 4.78 is 0. The molecule has 0 fully saturated rings. The Kier molecular flexibility index (Phi) is 2.36. The molecule has 0 saturated heterocycles. The number of nitrogens with one attached hydrogen (secondary N) is 1. The highest BCUT2D eigenvalue weighted by Crippen LogP contribution is 2.15. The quantitative estimate of drug-likeness (QED) is 0.694. The lowest BCUT2D eigenvalue weighted by Crippen LogP contribution is -2.22. The topological polar surface area (TPSA) is 45.8 Å². The van der Waals surface area contributed by atoms with E-state index in [1.165, 1.54) is 0 Å². The largest absolute Gasteiger partial charge is 0.309 e. The van der Waals surface area contributed by atoms with Crippen molar-refractivity contribution in [3.63, 3.8) is 0 Å². The van der Waals surface area contributed by atoms with Crippen molar-refractivity contribution in [2.24, 2.45) is 0 Å². The van der Waals surface area contributed by atoms with E-state index in [1.807, 2.05) is 0 Å². The molecule has 0 bridgehead atoms. The Morgan fingerprint density at radius 2 is 2.15 bits per heavy atom. The van der Waals surface area contributed by atoms with Crippen molar-refractivity contribution in [3.05, 3.63) is 27.4 Å². The summed E-state index contributed by atoms with van der Waals surface area (Å²) in [6.07, 6.45) is 4.01.